The first-order chi connectivity index (χ1) is 10.5. The van der Waals surface area contributed by atoms with Gasteiger partial charge in [-0.15, -0.1) is 0 Å². The second-order valence-corrected chi connectivity index (χ2v) is 5.28. The van der Waals surface area contributed by atoms with Crippen molar-refractivity contribution < 1.29 is 9.13 Å². The lowest BCUT2D eigenvalue weighted by Gasteiger charge is -2.22. The topological polar surface area (TPSA) is 38.2 Å². The fraction of sp³-hybridized carbons (Fsp3) is 0.375. The van der Waals surface area contributed by atoms with Crippen LogP contribution in [0.3, 0.4) is 0 Å². The molecule has 0 unspecified atom stereocenters. The fourth-order valence-corrected chi connectivity index (χ4v) is 2.47. The summed E-state index contributed by atoms with van der Waals surface area (Å²) < 4.78 is 19.0. The molecule has 6 heteroatoms. The van der Waals surface area contributed by atoms with E-state index in [4.69, 9.17) is 16.3 Å². The number of aromatic nitrogens is 2. The van der Waals surface area contributed by atoms with E-state index in [2.05, 4.69) is 9.97 Å². The molecule has 0 aliphatic heterocycles. The van der Waals surface area contributed by atoms with Crippen LogP contribution in [0.5, 0.6) is 5.75 Å². The van der Waals surface area contributed by atoms with Crippen molar-refractivity contribution in [1.29, 1.82) is 0 Å². The van der Waals surface area contributed by atoms with Crippen molar-refractivity contribution in [2.75, 3.05) is 25.1 Å². The van der Waals surface area contributed by atoms with E-state index < -0.39 is 0 Å². The number of halogens is 2. The number of likely N-dealkylation sites (N-methyl/N-ethyl adjacent to an activating group) is 1. The molecule has 22 heavy (non-hydrogen) atoms. The van der Waals surface area contributed by atoms with Gasteiger partial charge in [0.2, 0.25) is 0 Å². The highest BCUT2D eigenvalue weighted by atomic mass is 35.5. The predicted molar refractivity (Wildman–Crippen MR) is 86.3 cm³/mol. The molecule has 0 aliphatic rings. The molecule has 4 nitrogen and oxygen atoms in total. The monoisotopic (exact) mass is 323 g/mol. The SMILES string of the molecule is CCc1c(Cl)nc(C)nc1N(C)CCOc1ccccc1F. The van der Waals surface area contributed by atoms with E-state index in [0.717, 1.165) is 17.8 Å². The average molecular weight is 324 g/mol. The van der Waals surface area contributed by atoms with Crippen molar-refractivity contribution in [1.82, 2.24) is 9.97 Å². The number of rotatable bonds is 6. The highest BCUT2D eigenvalue weighted by molar-refractivity contribution is 6.30. The highest BCUT2D eigenvalue weighted by Gasteiger charge is 2.14. The van der Waals surface area contributed by atoms with E-state index >= 15 is 0 Å². The van der Waals surface area contributed by atoms with Crippen LogP contribution in [0.25, 0.3) is 0 Å². The summed E-state index contributed by atoms with van der Waals surface area (Å²) in [5, 5.41) is 0.479. The van der Waals surface area contributed by atoms with Crippen LogP contribution in [-0.4, -0.2) is 30.2 Å². The van der Waals surface area contributed by atoms with E-state index in [1.807, 2.05) is 18.9 Å². The number of anilines is 1. The molecule has 0 atom stereocenters. The molecule has 0 saturated heterocycles. The zero-order valence-electron chi connectivity index (χ0n) is 12.9. The van der Waals surface area contributed by atoms with Gasteiger partial charge in [-0.3, -0.25) is 0 Å². The fourth-order valence-electron chi connectivity index (χ4n) is 2.13. The summed E-state index contributed by atoms with van der Waals surface area (Å²) in [6, 6.07) is 6.36. The van der Waals surface area contributed by atoms with Gasteiger partial charge in [-0.25, -0.2) is 14.4 Å². The van der Waals surface area contributed by atoms with Crippen molar-refractivity contribution in [2.45, 2.75) is 20.3 Å². The predicted octanol–water partition coefficient (Wildman–Crippen LogP) is 3.66. The van der Waals surface area contributed by atoms with Crippen molar-refractivity contribution in [3.05, 3.63) is 46.6 Å². The summed E-state index contributed by atoms with van der Waals surface area (Å²) in [4.78, 5) is 10.6. The Kier molecular flexibility index (Phi) is 5.55. The Morgan fingerprint density at radius 1 is 1.27 bits per heavy atom. The van der Waals surface area contributed by atoms with Crippen LogP contribution in [0.1, 0.15) is 18.3 Å². The van der Waals surface area contributed by atoms with Crippen LogP contribution in [0.2, 0.25) is 5.15 Å². The lowest BCUT2D eigenvalue weighted by molar-refractivity contribution is 0.309. The third-order valence-corrected chi connectivity index (χ3v) is 3.60. The molecule has 2 rings (SSSR count). The molecule has 1 aromatic heterocycles. The summed E-state index contributed by atoms with van der Waals surface area (Å²) in [6.07, 6.45) is 0.743. The second-order valence-electron chi connectivity index (χ2n) is 4.92. The van der Waals surface area contributed by atoms with Gasteiger partial charge < -0.3 is 9.64 Å². The number of hydrogen-bond donors (Lipinski definition) is 0. The summed E-state index contributed by atoms with van der Waals surface area (Å²) in [7, 11) is 1.90. The maximum absolute atomic E-state index is 13.5. The quantitative estimate of drug-likeness (QED) is 0.760. The van der Waals surface area contributed by atoms with Crippen molar-refractivity contribution in [3.63, 3.8) is 0 Å². The Bertz CT molecular complexity index is 651. The van der Waals surface area contributed by atoms with Crippen LogP contribution in [0, 0.1) is 12.7 Å². The summed E-state index contributed by atoms with van der Waals surface area (Å²) in [6.45, 7) is 4.72. The van der Waals surface area contributed by atoms with E-state index in [9.17, 15) is 4.39 Å². The van der Waals surface area contributed by atoms with Gasteiger partial charge in [0.1, 0.15) is 23.4 Å². The van der Waals surface area contributed by atoms with Gasteiger partial charge in [0.25, 0.3) is 0 Å². The maximum atomic E-state index is 13.5. The minimum atomic E-state index is -0.361. The summed E-state index contributed by atoms with van der Waals surface area (Å²) in [5.41, 5.74) is 0.903. The first-order valence-electron chi connectivity index (χ1n) is 7.14. The molecule has 0 fully saturated rings. The lowest BCUT2D eigenvalue weighted by Crippen LogP contribution is -2.26. The van der Waals surface area contributed by atoms with E-state index in [0.29, 0.717) is 24.1 Å². The van der Waals surface area contributed by atoms with Gasteiger partial charge in [0.15, 0.2) is 11.6 Å². The molecule has 1 aromatic carbocycles. The molecular weight excluding hydrogens is 305 g/mol. The van der Waals surface area contributed by atoms with Crippen LogP contribution in [0.4, 0.5) is 10.2 Å². The first kappa shape index (κ1) is 16.5. The number of ether oxygens (including phenoxy) is 1. The van der Waals surface area contributed by atoms with Crippen LogP contribution >= 0.6 is 11.6 Å². The number of aryl methyl sites for hydroxylation is 1. The molecular formula is C16H19ClFN3O. The molecule has 0 spiro atoms. The van der Waals surface area contributed by atoms with E-state index in [1.165, 1.54) is 6.07 Å². The minimum Gasteiger partial charge on any atom is -0.489 e. The minimum absolute atomic E-state index is 0.253. The summed E-state index contributed by atoms with van der Waals surface area (Å²) >= 11 is 6.17. The number of nitrogens with zero attached hydrogens (tertiary/aromatic N) is 3. The van der Waals surface area contributed by atoms with Crippen LogP contribution in [-0.2, 0) is 6.42 Å². The largest absolute Gasteiger partial charge is 0.489 e. The molecule has 2 aromatic rings. The number of hydrogen-bond acceptors (Lipinski definition) is 4. The van der Waals surface area contributed by atoms with E-state index in [1.54, 1.807) is 25.1 Å². The molecule has 0 saturated carbocycles. The molecule has 0 aliphatic carbocycles. The van der Waals surface area contributed by atoms with Gasteiger partial charge in [-0.05, 0) is 25.5 Å². The molecule has 118 valence electrons. The van der Waals surface area contributed by atoms with Gasteiger partial charge in [0, 0.05) is 12.6 Å². The van der Waals surface area contributed by atoms with Crippen LogP contribution in [0.15, 0.2) is 24.3 Å². The molecule has 1 heterocycles. The van der Waals surface area contributed by atoms with Crippen molar-refractivity contribution in [3.8, 4) is 5.75 Å². The van der Waals surface area contributed by atoms with Crippen LogP contribution < -0.4 is 9.64 Å². The Morgan fingerprint density at radius 2 is 2.00 bits per heavy atom. The average Bonchev–Trinajstić information content (AvgIpc) is 2.48. The zero-order valence-corrected chi connectivity index (χ0v) is 13.7. The third-order valence-electron chi connectivity index (χ3n) is 3.28. The molecule has 0 radical (unpaired) electrons. The normalized spacial score (nSPS) is 10.6. The van der Waals surface area contributed by atoms with Crippen molar-refractivity contribution >= 4 is 17.4 Å². The lowest BCUT2D eigenvalue weighted by atomic mass is 10.2. The van der Waals surface area contributed by atoms with E-state index in [-0.39, 0.29) is 11.6 Å². The summed E-state index contributed by atoms with van der Waals surface area (Å²) in [5.74, 6) is 1.31. The van der Waals surface area contributed by atoms with Gasteiger partial charge in [-0.1, -0.05) is 30.7 Å². The van der Waals surface area contributed by atoms with Crippen molar-refractivity contribution in [2.24, 2.45) is 0 Å². The Balaban J connectivity index is 2.04. The second kappa shape index (κ2) is 7.40. The molecule has 0 bridgehead atoms. The Morgan fingerprint density at radius 3 is 2.68 bits per heavy atom. The first-order valence-corrected chi connectivity index (χ1v) is 7.52. The Labute approximate surface area is 134 Å². The number of para-hydroxylation sites is 1. The molecule has 0 N–H and O–H groups in total. The van der Waals surface area contributed by atoms with Gasteiger partial charge in [-0.2, -0.15) is 0 Å². The number of benzene rings is 1. The standard InChI is InChI=1S/C16H19ClFN3O/c1-4-12-15(17)19-11(2)20-16(12)21(3)9-10-22-14-8-6-5-7-13(14)18/h5-8H,4,9-10H2,1-3H3. The Hall–Kier alpha value is -1.88. The highest BCUT2D eigenvalue weighted by Crippen LogP contribution is 2.24. The smallest absolute Gasteiger partial charge is 0.165 e. The third kappa shape index (κ3) is 3.85. The maximum Gasteiger partial charge on any atom is 0.165 e. The molecule has 0 amide bonds. The zero-order chi connectivity index (χ0) is 16.1. The van der Waals surface area contributed by atoms with Gasteiger partial charge >= 0.3 is 0 Å². The van der Waals surface area contributed by atoms with Gasteiger partial charge in [0.05, 0.1) is 6.54 Å².